The second kappa shape index (κ2) is 14.6. The fraction of sp³-hybridized carbons (Fsp3) is 0.0702. The molecule has 0 bridgehead atoms. The number of amidine groups is 1. The lowest BCUT2D eigenvalue weighted by atomic mass is 9.92. The molecule has 0 fully saturated rings. The van der Waals surface area contributed by atoms with Crippen LogP contribution in [0.2, 0.25) is 0 Å². The topological polar surface area (TPSA) is 46.3 Å². The van der Waals surface area contributed by atoms with Gasteiger partial charge in [-0.2, -0.15) is 0 Å². The number of hydrogen-bond acceptors (Lipinski definition) is 4. The first-order chi connectivity index (χ1) is 31.2. The van der Waals surface area contributed by atoms with E-state index in [1.165, 1.54) is 81.3 Å². The van der Waals surface area contributed by atoms with Crippen molar-refractivity contribution < 1.29 is 0 Å². The minimum atomic E-state index is -0.198. The second-order valence-corrected chi connectivity index (χ2v) is 17.8. The van der Waals surface area contributed by atoms with E-state index in [2.05, 4.69) is 214 Å². The third kappa shape index (κ3) is 5.90. The van der Waals surface area contributed by atoms with Crippen LogP contribution in [0.3, 0.4) is 0 Å². The van der Waals surface area contributed by atoms with Crippen LogP contribution < -0.4 is 10.6 Å². The molecule has 0 saturated heterocycles. The molecule has 2 atom stereocenters. The van der Waals surface area contributed by atoms with Gasteiger partial charge >= 0.3 is 0 Å². The van der Waals surface area contributed by atoms with Crippen LogP contribution in [0.5, 0.6) is 0 Å². The SMILES string of the molecule is c1ccc(C2=NC(c3ccccc3)NC(c3cccc(-n4c5ccccc5c5cc(-c6ccc7c(c6)c6c(n7-c7ccccc7)CCc7c-6sc6ccccc76)ccc54)c3)N2)cc1. The molecular formula is C57H41N5S. The largest absolute Gasteiger partial charge is 0.350 e. The minimum absolute atomic E-state index is 0.163. The van der Waals surface area contributed by atoms with E-state index in [4.69, 9.17) is 4.99 Å². The van der Waals surface area contributed by atoms with Crippen LogP contribution in [-0.2, 0) is 12.8 Å². The standard InChI is InChI=1S/C57H41N5S/c1-4-15-36(16-5-1)55-58-56(37-17-6-2-7-18-37)60-57(59-55)40-19-14-22-42(33-40)62-48-25-12-10-23-43(48)46-34-38(27-30-49(46)62)39-28-31-50-47(35-39)53-51(61(50)41-20-8-3-9-21-41)32-29-45-44-24-11-13-26-52(44)63-54(45)53/h1-28,30-31,33-35,55,57,59H,29,32H2,(H,58,60). The first-order valence-electron chi connectivity index (χ1n) is 21.8. The van der Waals surface area contributed by atoms with Crippen LogP contribution in [0, 0.1) is 0 Å². The van der Waals surface area contributed by atoms with E-state index in [0.717, 1.165) is 41.1 Å². The highest BCUT2D eigenvalue weighted by atomic mass is 32.1. The Bertz CT molecular complexity index is 3580. The van der Waals surface area contributed by atoms with E-state index in [0.29, 0.717) is 0 Å². The van der Waals surface area contributed by atoms with Crippen molar-refractivity contribution in [2.45, 2.75) is 25.2 Å². The van der Waals surface area contributed by atoms with Crippen LogP contribution >= 0.6 is 11.3 Å². The van der Waals surface area contributed by atoms with Crippen molar-refractivity contribution in [3.63, 3.8) is 0 Å². The number of aliphatic imine (C=N–C) groups is 1. The summed E-state index contributed by atoms with van der Waals surface area (Å²) in [6, 6.07) is 72.7. The number of thiophene rings is 1. The number of rotatable bonds is 6. The minimum Gasteiger partial charge on any atom is -0.350 e. The number of aromatic nitrogens is 2. The fourth-order valence-electron chi connectivity index (χ4n) is 10.2. The van der Waals surface area contributed by atoms with E-state index < -0.39 is 0 Å². The highest BCUT2D eigenvalue weighted by Gasteiger charge is 2.29. The van der Waals surface area contributed by atoms with E-state index in [1.807, 2.05) is 17.4 Å². The van der Waals surface area contributed by atoms with Crippen molar-refractivity contribution in [3.8, 4) is 32.9 Å². The Labute approximate surface area is 369 Å². The normalized spacial score (nSPS) is 16.0. The van der Waals surface area contributed by atoms with Gasteiger partial charge in [0, 0.05) is 53.9 Å². The molecule has 300 valence electrons. The number of para-hydroxylation sites is 2. The van der Waals surface area contributed by atoms with Crippen LogP contribution in [0.25, 0.3) is 75.7 Å². The Balaban J connectivity index is 0.927. The van der Waals surface area contributed by atoms with Gasteiger partial charge in [0.2, 0.25) is 0 Å². The van der Waals surface area contributed by atoms with Crippen molar-refractivity contribution >= 4 is 60.0 Å². The van der Waals surface area contributed by atoms with E-state index in [9.17, 15) is 0 Å². The summed E-state index contributed by atoms with van der Waals surface area (Å²) in [4.78, 5) is 6.57. The van der Waals surface area contributed by atoms with Gasteiger partial charge in [0.1, 0.15) is 18.2 Å². The summed E-state index contributed by atoms with van der Waals surface area (Å²) in [6.07, 6.45) is 1.70. The lowest BCUT2D eigenvalue weighted by Gasteiger charge is -2.32. The molecule has 13 rings (SSSR count). The maximum Gasteiger partial charge on any atom is 0.131 e. The Morgan fingerprint density at radius 1 is 0.476 bits per heavy atom. The Morgan fingerprint density at radius 3 is 1.92 bits per heavy atom. The number of hydrogen-bond donors (Lipinski definition) is 2. The Hall–Kier alpha value is -7.51. The highest BCUT2D eigenvalue weighted by Crippen LogP contribution is 2.49. The molecule has 1 aliphatic carbocycles. The number of fused-ring (bicyclic) bond motifs is 10. The maximum absolute atomic E-state index is 5.15. The molecule has 11 aromatic rings. The number of benzene rings is 8. The summed E-state index contributed by atoms with van der Waals surface area (Å²) in [5.74, 6) is 0.877. The zero-order valence-corrected chi connectivity index (χ0v) is 35.2. The summed E-state index contributed by atoms with van der Waals surface area (Å²) in [7, 11) is 0. The summed E-state index contributed by atoms with van der Waals surface area (Å²) >= 11 is 1.95. The highest BCUT2D eigenvalue weighted by molar-refractivity contribution is 7.22. The van der Waals surface area contributed by atoms with E-state index in [1.54, 1.807) is 0 Å². The van der Waals surface area contributed by atoms with Gasteiger partial charge < -0.3 is 14.5 Å². The molecule has 0 spiro atoms. The first-order valence-corrected chi connectivity index (χ1v) is 22.6. The zero-order valence-electron chi connectivity index (χ0n) is 34.4. The van der Waals surface area contributed by atoms with Crippen molar-refractivity contribution in [1.82, 2.24) is 19.8 Å². The molecule has 8 aromatic carbocycles. The lowest BCUT2D eigenvalue weighted by Crippen LogP contribution is -2.45. The molecular weight excluding hydrogens is 787 g/mol. The molecule has 0 radical (unpaired) electrons. The van der Waals surface area contributed by atoms with Gasteiger partial charge in [-0.15, -0.1) is 11.3 Å². The average Bonchev–Trinajstić information content (AvgIpc) is 4.02. The van der Waals surface area contributed by atoms with Crippen molar-refractivity contribution in [2.24, 2.45) is 4.99 Å². The van der Waals surface area contributed by atoms with Gasteiger partial charge in [0.25, 0.3) is 0 Å². The van der Waals surface area contributed by atoms with Gasteiger partial charge in [-0.05, 0) is 107 Å². The van der Waals surface area contributed by atoms with Gasteiger partial charge in [0.15, 0.2) is 0 Å². The molecule has 4 heterocycles. The first kappa shape index (κ1) is 36.2. The Morgan fingerprint density at radius 2 is 1.11 bits per heavy atom. The predicted octanol–water partition coefficient (Wildman–Crippen LogP) is 13.7. The molecule has 0 amide bonds. The average molecular weight is 828 g/mol. The third-order valence-electron chi connectivity index (χ3n) is 13.1. The molecule has 2 N–H and O–H groups in total. The van der Waals surface area contributed by atoms with Gasteiger partial charge in [-0.3, -0.25) is 5.32 Å². The van der Waals surface area contributed by atoms with Crippen LogP contribution in [0.4, 0.5) is 0 Å². The molecule has 3 aromatic heterocycles. The molecule has 1 aliphatic heterocycles. The van der Waals surface area contributed by atoms with Crippen molar-refractivity contribution in [2.75, 3.05) is 0 Å². The van der Waals surface area contributed by atoms with E-state index in [-0.39, 0.29) is 12.3 Å². The molecule has 0 saturated carbocycles. The van der Waals surface area contributed by atoms with Crippen LogP contribution in [0.15, 0.2) is 205 Å². The molecule has 2 aliphatic rings. The number of aryl methyl sites for hydroxylation is 1. The Kier molecular flexibility index (Phi) is 8.36. The summed E-state index contributed by atoms with van der Waals surface area (Å²) in [6.45, 7) is 0. The lowest BCUT2D eigenvalue weighted by molar-refractivity contribution is 0.409. The summed E-state index contributed by atoms with van der Waals surface area (Å²) in [5, 5.41) is 12.7. The molecule has 5 nitrogen and oxygen atoms in total. The van der Waals surface area contributed by atoms with E-state index >= 15 is 0 Å². The van der Waals surface area contributed by atoms with Crippen LogP contribution in [-0.4, -0.2) is 15.0 Å². The number of nitrogens with zero attached hydrogens (tertiary/aromatic N) is 3. The number of nitrogens with one attached hydrogen (secondary N) is 2. The van der Waals surface area contributed by atoms with Crippen LogP contribution in [0.1, 0.15) is 40.3 Å². The summed E-state index contributed by atoms with van der Waals surface area (Å²) in [5.41, 5.74) is 16.0. The van der Waals surface area contributed by atoms with Crippen molar-refractivity contribution in [1.29, 1.82) is 0 Å². The molecule has 63 heavy (non-hydrogen) atoms. The second-order valence-electron chi connectivity index (χ2n) is 16.7. The fourth-order valence-corrected chi connectivity index (χ4v) is 11.6. The quantitative estimate of drug-likeness (QED) is 0.175. The summed E-state index contributed by atoms with van der Waals surface area (Å²) < 4.78 is 6.31. The van der Waals surface area contributed by atoms with Gasteiger partial charge in [0.05, 0.1) is 16.6 Å². The molecule has 2 unspecified atom stereocenters. The van der Waals surface area contributed by atoms with Gasteiger partial charge in [-0.1, -0.05) is 140 Å². The smallest absolute Gasteiger partial charge is 0.131 e. The van der Waals surface area contributed by atoms with Gasteiger partial charge in [-0.25, -0.2) is 4.99 Å². The maximum atomic E-state index is 5.15. The predicted molar refractivity (Wildman–Crippen MR) is 262 cm³/mol. The monoisotopic (exact) mass is 827 g/mol. The zero-order chi connectivity index (χ0) is 41.4. The third-order valence-corrected chi connectivity index (χ3v) is 14.3. The molecule has 6 heteroatoms. The van der Waals surface area contributed by atoms with Crippen molar-refractivity contribution in [3.05, 3.63) is 228 Å².